The molecule has 0 radical (unpaired) electrons. The molecular weight excluding hydrogens is 521 g/mol. The first-order valence-corrected chi connectivity index (χ1v) is 15.0. The molecule has 2 aromatic rings. The Balaban J connectivity index is 1.32. The summed E-state index contributed by atoms with van der Waals surface area (Å²) in [6.07, 6.45) is 6.34. The fourth-order valence-corrected chi connectivity index (χ4v) is 8.02. The molecule has 3 unspecified atom stereocenters. The summed E-state index contributed by atoms with van der Waals surface area (Å²) in [5.74, 6) is 0.637. The Kier molecular flexibility index (Phi) is 7.57. The number of hydrogen-bond donors (Lipinski definition) is 3. The highest BCUT2D eigenvalue weighted by Crippen LogP contribution is 2.49. The van der Waals surface area contributed by atoms with Crippen LogP contribution < -0.4 is 16.5 Å². The quantitative estimate of drug-likeness (QED) is 0.494. The van der Waals surface area contributed by atoms with Gasteiger partial charge in [-0.3, -0.25) is 18.8 Å². The van der Waals surface area contributed by atoms with Gasteiger partial charge in [0.1, 0.15) is 0 Å². The average Bonchev–Trinajstić information content (AvgIpc) is 3.45. The molecule has 4 fully saturated rings. The number of hydrogen-bond acceptors (Lipinski definition) is 6. The molecule has 11 heteroatoms. The molecule has 2 saturated carbocycles. The van der Waals surface area contributed by atoms with Gasteiger partial charge in [0.15, 0.2) is 0 Å². The Morgan fingerprint density at radius 1 is 1.15 bits per heavy atom. The maximum Gasteiger partial charge on any atom is 0.418 e. The molecular formula is C29H43F3N6O2. The SMILES string of the molecule is C[C@H]1CCCN(Cc2cc(C(F)(F)F)c3cn(C4CCCC([C@@H](C5NNCN5C)C5(O)CCC5)C4)c(=O)n3c2)C1. The molecule has 3 N–H and O–H groups in total. The molecule has 4 aliphatic rings. The van der Waals surface area contributed by atoms with Crippen LogP contribution in [-0.2, 0) is 12.7 Å². The third-order valence-electron chi connectivity index (χ3n) is 10.1. The van der Waals surface area contributed by atoms with E-state index >= 15 is 0 Å². The number of imidazole rings is 1. The van der Waals surface area contributed by atoms with Gasteiger partial charge in [0.25, 0.3) is 0 Å². The average molecular weight is 565 g/mol. The zero-order chi connectivity index (χ0) is 28.2. The maximum absolute atomic E-state index is 14.3. The lowest BCUT2D eigenvalue weighted by molar-refractivity contribution is -0.136. The summed E-state index contributed by atoms with van der Waals surface area (Å²) < 4.78 is 45.7. The van der Waals surface area contributed by atoms with Crippen molar-refractivity contribution in [3.8, 4) is 0 Å². The second-order valence-electron chi connectivity index (χ2n) is 13.1. The zero-order valence-electron chi connectivity index (χ0n) is 23.6. The van der Waals surface area contributed by atoms with Gasteiger partial charge in [0, 0.05) is 37.4 Å². The number of pyridine rings is 1. The largest absolute Gasteiger partial charge is 0.418 e. The summed E-state index contributed by atoms with van der Waals surface area (Å²) in [4.78, 5) is 18.1. The van der Waals surface area contributed by atoms with Gasteiger partial charge in [-0.25, -0.2) is 15.6 Å². The lowest BCUT2D eigenvalue weighted by Gasteiger charge is -2.51. The van der Waals surface area contributed by atoms with Crippen LogP contribution in [0.4, 0.5) is 13.2 Å². The number of nitrogens with one attached hydrogen (secondary N) is 2. The number of halogens is 3. The molecule has 0 amide bonds. The topological polar surface area (TPSA) is 77.2 Å². The second kappa shape index (κ2) is 10.7. The molecule has 2 aliphatic carbocycles. The molecule has 0 bridgehead atoms. The maximum atomic E-state index is 14.3. The second-order valence-corrected chi connectivity index (χ2v) is 13.1. The van der Waals surface area contributed by atoms with Crippen molar-refractivity contribution in [3.63, 3.8) is 0 Å². The van der Waals surface area contributed by atoms with Gasteiger partial charge < -0.3 is 5.11 Å². The van der Waals surface area contributed by atoms with E-state index in [1.165, 1.54) is 16.7 Å². The number of likely N-dealkylation sites (tertiary alicyclic amines) is 1. The predicted molar refractivity (Wildman–Crippen MR) is 146 cm³/mol. The summed E-state index contributed by atoms with van der Waals surface area (Å²) >= 11 is 0. The summed E-state index contributed by atoms with van der Waals surface area (Å²) in [6.45, 7) is 4.97. The van der Waals surface area contributed by atoms with Crippen LogP contribution in [0.3, 0.4) is 0 Å². The molecule has 40 heavy (non-hydrogen) atoms. The van der Waals surface area contributed by atoms with E-state index < -0.39 is 23.0 Å². The first kappa shape index (κ1) is 28.2. The molecule has 6 rings (SSSR count). The first-order chi connectivity index (χ1) is 19.0. The molecule has 2 aliphatic heterocycles. The Hall–Kier alpha value is -1.92. The molecule has 5 atom stereocenters. The summed E-state index contributed by atoms with van der Waals surface area (Å²) in [5, 5.41) is 11.5. The number of aliphatic hydroxyl groups is 1. The molecule has 4 heterocycles. The van der Waals surface area contributed by atoms with E-state index in [2.05, 4.69) is 27.6 Å². The Morgan fingerprint density at radius 3 is 2.60 bits per heavy atom. The highest BCUT2D eigenvalue weighted by atomic mass is 19.4. The van der Waals surface area contributed by atoms with Gasteiger partial charge in [-0.2, -0.15) is 13.2 Å². The van der Waals surface area contributed by atoms with Gasteiger partial charge in [-0.05, 0) is 88.4 Å². The van der Waals surface area contributed by atoms with Crippen molar-refractivity contribution in [3.05, 3.63) is 40.1 Å². The minimum atomic E-state index is -4.56. The number of hydrazine groups is 1. The van der Waals surface area contributed by atoms with Crippen LogP contribution in [0.5, 0.6) is 0 Å². The van der Waals surface area contributed by atoms with Crippen LogP contribution in [-0.4, -0.2) is 62.4 Å². The lowest BCUT2D eigenvalue weighted by atomic mass is 9.62. The number of alkyl halides is 3. The van der Waals surface area contributed by atoms with Gasteiger partial charge in [0.2, 0.25) is 0 Å². The van der Waals surface area contributed by atoms with Crippen molar-refractivity contribution in [2.75, 3.05) is 26.8 Å². The minimum absolute atomic E-state index is 0.0268. The van der Waals surface area contributed by atoms with Crippen LogP contribution in [0, 0.1) is 17.8 Å². The third kappa shape index (κ3) is 5.24. The molecule has 8 nitrogen and oxygen atoms in total. The van der Waals surface area contributed by atoms with Crippen LogP contribution in [0.1, 0.15) is 81.9 Å². The number of nitrogens with zero attached hydrogens (tertiary/aromatic N) is 4. The summed E-state index contributed by atoms with van der Waals surface area (Å²) in [7, 11) is 2.03. The molecule has 0 aromatic carbocycles. The zero-order valence-corrected chi connectivity index (χ0v) is 23.6. The van der Waals surface area contributed by atoms with Crippen LogP contribution >= 0.6 is 0 Å². The van der Waals surface area contributed by atoms with Gasteiger partial charge in [-0.15, -0.1) is 0 Å². The Labute approximate surface area is 233 Å². The van der Waals surface area contributed by atoms with E-state index in [0.717, 1.165) is 64.5 Å². The number of fused-ring (bicyclic) bond motifs is 1. The molecule has 2 aromatic heterocycles. The van der Waals surface area contributed by atoms with E-state index in [9.17, 15) is 23.1 Å². The summed E-state index contributed by atoms with van der Waals surface area (Å²) in [6, 6.07) is 1.03. The summed E-state index contributed by atoms with van der Waals surface area (Å²) in [5.41, 5.74) is 5.06. The van der Waals surface area contributed by atoms with E-state index in [4.69, 9.17) is 0 Å². The fourth-order valence-electron chi connectivity index (χ4n) is 8.02. The third-order valence-corrected chi connectivity index (χ3v) is 10.1. The lowest BCUT2D eigenvalue weighted by Crippen LogP contribution is -2.59. The molecule has 2 saturated heterocycles. The van der Waals surface area contributed by atoms with Crippen molar-refractivity contribution in [2.24, 2.45) is 17.8 Å². The highest BCUT2D eigenvalue weighted by Gasteiger charge is 2.52. The van der Waals surface area contributed by atoms with Crippen molar-refractivity contribution in [1.29, 1.82) is 0 Å². The van der Waals surface area contributed by atoms with Crippen LogP contribution in [0.2, 0.25) is 0 Å². The van der Waals surface area contributed by atoms with Crippen LogP contribution in [0.15, 0.2) is 23.3 Å². The van der Waals surface area contributed by atoms with E-state index in [0.29, 0.717) is 31.1 Å². The smallest absolute Gasteiger partial charge is 0.389 e. The minimum Gasteiger partial charge on any atom is -0.389 e. The number of piperidine rings is 1. The molecule has 222 valence electrons. The van der Waals surface area contributed by atoms with E-state index in [1.807, 2.05) is 7.05 Å². The van der Waals surface area contributed by atoms with Crippen molar-refractivity contribution < 1.29 is 18.3 Å². The fraction of sp³-hybridized carbons (Fsp3) is 0.759. The van der Waals surface area contributed by atoms with E-state index in [1.54, 1.807) is 10.8 Å². The Morgan fingerprint density at radius 2 is 1.95 bits per heavy atom. The Bertz CT molecular complexity index is 1270. The first-order valence-electron chi connectivity index (χ1n) is 15.0. The van der Waals surface area contributed by atoms with Crippen LogP contribution in [0.25, 0.3) is 5.52 Å². The number of aromatic nitrogens is 2. The van der Waals surface area contributed by atoms with E-state index in [-0.39, 0.29) is 29.6 Å². The number of rotatable bonds is 6. The van der Waals surface area contributed by atoms with Crippen molar-refractivity contribution in [2.45, 2.75) is 95.2 Å². The van der Waals surface area contributed by atoms with Gasteiger partial charge in [0.05, 0.1) is 29.5 Å². The highest BCUT2D eigenvalue weighted by molar-refractivity contribution is 5.56. The monoisotopic (exact) mass is 564 g/mol. The standard InChI is InChI=1S/C29H43F3N6O2/c1-19-6-4-11-36(14-19)15-20-12-23(29(30,31)32)24-17-37(27(39)38(24)16-20)22-8-3-7-21(13-22)25(28(40)9-5-10-28)26-34-33-18-35(26)2/h12,16-17,19,21-22,25-26,33-34,40H,3-11,13-15,18H2,1-2H3/t19-,21?,22?,25-,26?/m0/s1. The molecule has 0 spiro atoms. The van der Waals surface area contributed by atoms with Crippen molar-refractivity contribution in [1.82, 2.24) is 29.6 Å². The van der Waals surface area contributed by atoms with Gasteiger partial charge in [-0.1, -0.05) is 13.3 Å². The van der Waals surface area contributed by atoms with Crippen molar-refractivity contribution >= 4 is 5.52 Å². The normalized spacial score (nSPS) is 30.9. The predicted octanol–water partition coefficient (Wildman–Crippen LogP) is 3.94. The van der Waals surface area contributed by atoms with Gasteiger partial charge >= 0.3 is 11.9 Å².